The molecule has 1 unspecified atom stereocenters. The zero-order chi connectivity index (χ0) is 10.5. The molecule has 0 spiro atoms. The Morgan fingerprint density at radius 2 is 2.07 bits per heavy atom. The van der Waals surface area contributed by atoms with Crippen LogP contribution in [0.3, 0.4) is 0 Å². The van der Waals surface area contributed by atoms with E-state index in [0.717, 1.165) is 18.9 Å². The molecule has 0 aromatic heterocycles. The molecule has 0 radical (unpaired) electrons. The minimum absolute atomic E-state index is 0.333. The molecule has 2 aliphatic rings. The smallest absolute Gasteiger partial charge is 0.0443 e. The van der Waals surface area contributed by atoms with E-state index in [1.807, 2.05) is 0 Å². The number of aliphatic hydroxyl groups excluding tert-OH is 1. The molecule has 0 bridgehead atoms. The van der Waals surface area contributed by atoms with Gasteiger partial charge in [0, 0.05) is 32.3 Å². The molecule has 15 heavy (non-hydrogen) atoms. The van der Waals surface area contributed by atoms with Gasteiger partial charge in [-0.3, -0.25) is 0 Å². The number of nitrogens with zero attached hydrogens (tertiary/aromatic N) is 1. The van der Waals surface area contributed by atoms with E-state index in [1.54, 1.807) is 0 Å². The molecule has 2 rings (SSSR count). The minimum Gasteiger partial charge on any atom is -0.396 e. The first kappa shape index (κ1) is 11.4. The third kappa shape index (κ3) is 4.09. The molecule has 1 aliphatic heterocycles. The van der Waals surface area contributed by atoms with Crippen molar-refractivity contribution < 1.29 is 5.11 Å². The third-order valence-corrected chi connectivity index (χ3v) is 3.49. The van der Waals surface area contributed by atoms with Gasteiger partial charge in [0.15, 0.2) is 0 Å². The van der Waals surface area contributed by atoms with E-state index in [2.05, 4.69) is 10.2 Å². The average molecular weight is 212 g/mol. The molecule has 0 aromatic carbocycles. The van der Waals surface area contributed by atoms with E-state index in [-0.39, 0.29) is 0 Å². The summed E-state index contributed by atoms with van der Waals surface area (Å²) in [7, 11) is 0. The van der Waals surface area contributed by atoms with Crippen molar-refractivity contribution in [3.8, 4) is 0 Å². The predicted octanol–water partition coefficient (Wildman–Crippen LogP) is 0.833. The average Bonchev–Trinajstić information content (AvgIpc) is 2.90. The molecule has 1 heterocycles. The fourth-order valence-electron chi connectivity index (χ4n) is 2.44. The number of rotatable bonds is 7. The van der Waals surface area contributed by atoms with Gasteiger partial charge in [0.05, 0.1) is 0 Å². The molecular weight excluding hydrogens is 188 g/mol. The first-order valence-corrected chi connectivity index (χ1v) is 6.45. The molecule has 1 aliphatic carbocycles. The second-order valence-corrected chi connectivity index (χ2v) is 5.07. The molecule has 2 N–H and O–H groups in total. The Hall–Kier alpha value is -0.120. The lowest BCUT2D eigenvalue weighted by Gasteiger charge is -2.25. The van der Waals surface area contributed by atoms with Crippen LogP contribution in [-0.4, -0.2) is 48.8 Å². The molecule has 0 amide bonds. The van der Waals surface area contributed by atoms with E-state index >= 15 is 0 Å². The molecule has 2 fully saturated rings. The summed E-state index contributed by atoms with van der Waals surface area (Å²) in [5, 5.41) is 12.4. The second-order valence-electron chi connectivity index (χ2n) is 5.07. The van der Waals surface area contributed by atoms with Gasteiger partial charge in [0.1, 0.15) is 0 Å². The first-order valence-electron chi connectivity index (χ1n) is 6.45. The SMILES string of the molecule is OCCCN(CC1CC1)CC1CCCN1. The highest BCUT2D eigenvalue weighted by molar-refractivity contribution is 4.82. The summed E-state index contributed by atoms with van der Waals surface area (Å²) >= 11 is 0. The van der Waals surface area contributed by atoms with Crippen LogP contribution in [0.2, 0.25) is 0 Å². The van der Waals surface area contributed by atoms with Gasteiger partial charge in [-0.2, -0.15) is 0 Å². The fourth-order valence-corrected chi connectivity index (χ4v) is 2.44. The number of hydrogen-bond donors (Lipinski definition) is 2. The Labute approximate surface area is 92.8 Å². The molecule has 1 saturated heterocycles. The van der Waals surface area contributed by atoms with Crippen molar-refractivity contribution in [3.63, 3.8) is 0 Å². The summed E-state index contributed by atoms with van der Waals surface area (Å²) in [4.78, 5) is 2.55. The molecular formula is C12H24N2O. The Morgan fingerprint density at radius 3 is 2.67 bits per heavy atom. The van der Waals surface area contributed by atoms with Crippen LogP contribution in [0.15, 0.2) is 0 Å². The maximum atomic E-state index is 8.88. The Bertz CT molecular complexity index is 176. The van der Waals surface area contributed by atoms with Crippen LogP contribution in [0.25, 0.3) is 0 Å². The van der Waals surface area contributed by atoms with Gasteiger partial charge >= 0.3 is 0 Å². The summed E-state index contributed by atoms with van der Waals surface area (Å²) in [5.74, 6) is 0.963. The summed E-state index contributed by atoms with van der Waals surface area (Å²) < 4.78 is 0. The van der Waals surface area contributed by atoms with Gasteiger partial charge in [0.2, 0.25) is 0 Å². The quantitative estimate of drug-likeness (QED) is 0.656. The molecule has 3 heteroatoms. The third-order valence-electron chi connectivity index (χ3n) is 3.49. The van der Waals surface area contributed by atoms with E-state index < -0.39 is 0 Å². The van der Waals surface area contributed by atoms with Crippen molar-refractivity contribution in [2.45, 2.75) is 38.1 Å². The van der Waals surface area contributed by atoms with Crippen molar-refractivity contribution >= 4 is 0 Å². The largest absolute Gasteiger partial charge is 0.396 e. The monoisotopic (exact) mass is 212 g/mol. The Kier molecular flexibility index (Phi) is 4.42. The van der Waals surface area contributed by atoms with Crippen molar-refractivity contribution in [2.75, 3.05) is 32.8 Å². The molecule has 3 nitrogen and oxygen atoms in total. The van der Waals surface area contributed by atoms with Gasteiger partial charge in [0.25, 0.3) is 0 Å². The van der Waals surface area contributed by atoms with Crippen LogP contribution in [0, 0.1) is 5.92 Å². The number of nitrogens with one attached hydrogen (secondary N) is 1. The zero-order valence-electron chi connectivity index (χ0n) is 9.62. The summed E-state index contributed by atoms with van der Waals surface area (Å²) in [6.07, 6.45) is 6.45. The van der Waals surface area contributed by atoms with Crippen LogP contribution < -0.4 is 5.32 Å². The van der Waals surface area contributed by atoms with Crippen LogP contribution >= 0.6 is 0 Å². The fraction of sp³-hybridized carbons (Fsp3) is 1.00. The van der Waals surface area contributed by atoms with E-state index in [4.69, 9.17) is 5.11 Å². The van der Waals surface area contributed by atoms with E-state index in [9.17, 15) is 0 Å². The van der Waals surface area contributed by atoms with Crippen LogP contribution in [0.5, 0.6) is 0 Å². The van der Waals surface area contributed by atoms with Gasteiger partial charge in [-0.15, -0.1) is 0 Å². The lowest BCUT2D eigenvalue weighted by Crippen LogP contribution is -2.39. The first-order chi connectivity index (χ1) is 7.38. The van der Waals surface area contributed by atoms with Gasteiger partial charge < -0.3 is 15.3 Å². The lowest BCUT2D eigenvalue weighted by atomic mass is 10.2. The predicted molar refractivity (Wildman–Crippen MR) is 61.9 cm³/mol. The Morgan fingerprint density at radius 1 is 1.20 bits per heavy atom. The van der Waals surface area contributed by atoms with Crippen molar-refractivity contribution in [3.05, 3.63) is 0 Å². The lowest BCUT2D eigenvalue weighted by molar-refractivity contribution is 0.205. The van der Waals surface area contributed by atoms with Crippen molar-refractivity contribution in [1.82, 2.24) is 10.2 Å². The summed E-state index contributed by atoms with van der Waals surface area (Å²) in [6, 6.07) is 0.711. The number of hydrogen-bond acceptors (Lipinski definition) is 3. The maximum absolute atomic E-state index is 8.88. The Balaban J connectivity index is 1.69. The molecule has 88 valence electrons. The van der Waals surface area contributed by atoms with E-state index in [1.165, 1.54) is 45.3 Å². The summed E-state index contributed by atoms with van der Waals surface area (Å²) in [5.41, 5.74) is 0. The molecule has 0 aromatic rings. The normalized spacial score (nSPS) is 26.4. The highest BCUT2D eigenvalue weighted by Gasteiger charge is 2.26. The van der Waals surface area contributed by atoms with E-state index in [0.29, 0.717) is 12.6 Å². The van der Waals surface area contributed by atoms with Gasteiger partial charge in [-0.1, -0.05) is 0 Å². The van der Waals surface area contributed by atoms with Crippen LogP contribution in [0.4, 0.5) is 0 Å². The topological polar surface area (TPSA) is 35.5 Å². The van der Waals surface area contributed by atoms with Crippen molar-refractivity contribution in [1.29, 1.82) is 0 Å². The van der Waals surface area contributed by atoms with Gasteiger partial charge in [-0.05, 0) is 44.6 Å². The second kappa shape index (κ2) is 5.83. The number of aliphatic hydroxyl groups is 1. The zero-order valence-corrected chi connectivity index (χ0v) is 9.62. The highest BCUT2D eigenvalue weighted by Crippen LogP contribution is 2.29. The summed E-state index contributed by atoms with van der Waals surface area (Å²) in [6.45, 7) is 5.06. The minimum atomic E-state index is 0.333. The van der Waals surface area contributed by atoms with Crippen molar-refractivity contribution in [2.24, 2.45) is 5.92 Å². The highest BCUT2D eigenvalue weighted by atomic mass is 16.3. The molecule has 1 atom stereocenters. The van der Waals surface area contributed by atoms with Crippen LogP contribution in [0.1, 0.15) is 32.1 Å². The van der Waals surface area contributed by atoms with Crippen LogP contribution in [-0.2, 0) is 0 Å². The standard InChI is InChI=1S/C12H24N2O/c15-8-2-7-14(9-11-4-5-11)10-12-3-1-6-13-12/h11-13,15H,1-10H2. The maximum Gasteiger partial charge on any atom is 0.0443 e. The molecule has 1 saturated carbocycles. The van der Waals surface area contributed by atoms with Gasteiger partial charge in [-0.25, -0.2) is 0 Å².